The number of aliphatic carboxylic acids is 1. The molecule has 1 amide bonds. The maximum atomic E-state index is 12.4. The molecule has 4 atom stereocenters. The second-order valence-corrected chi connectivity index (χ2v) is 5.77. The minimum absolute atomic E-state index is 0.318. The van der Waals surface area contributed by atoms with Gasteiger partial charge in [0.1, 0.15) is 5.92 Å². The van der Waals surface area contributed by atoms with Gasteiger partial charge in [0.2, 0.25) is 5.91 Å². The van der Waals surface area contributed by atoms with Crippen molar-refractivity contribution in [2.45, 2.75) is 12.2 Å². The molecule has 6 heteroatoms. The molecule has 1 aromatic rings. The molecule has 0 saturated carbocycles. The number of fused-ring (bicyclic) bond motifs is 2. The fourth-order valence-corrected chi connectivity index (χ4v) is 2.98. The van der Waals surface area contributed by atoms with Crippen LogP contribution in [0.5, 0.6) is 0 Å². The van der Waals surface area contributed by atoms with E-state index in [2.05, 4.69) is 5.32 Å². The van der Waals surface area contributed by atoms with Gasteiger partial charge >= 0.3 is 5.97 Å². The predicted octanol–water partition coefficient (Wildman–Crippen LogP) is 1.35. The highest BCUT2D eigenvalue weighted by atomic mass is 16.5. The van der Waals surface area contributed by atoms with E-state index in [0.29, 0.717) is 5.69 Å². The van der Waals surface area contributed by atoms with Crippen molar-refractivity contribution in [1.29, 1.82) is 0 Å². The summed E-state index contributed by atoms with van der Waals surface area (Å²) in [6.07, 6.45) is 2.53. The number of hydrogen-bond acceptors (Lipinski definition) is 4. The Labute approximate surface area is 128 Å². The molecule has 0 unspecified atom stereocenters. The number of hydrogen-bond donors (Lipinski definition) is 2. The molecule has 2 heterocycles. The summed E-state index contributed by atoms with van der Waals surface area (Å²) in [7, 11) is 3.87. The van der Waals surface area contributed by atoms with Gasteiger partial charge < -0.3 is 20.1 Å². The molecule has 0 radical (unpaired) electrons. The van der Waals surface area contributed by atoms with Crippen LogP contribution in [-0.2, 0) is 14.3 Å². The molecule has 1 aromatic carbocycles. The highest BCUT2D eigenvalue weighted by Gasteiger charge is 2.53. The maximum absolute atomic E-state index is 12.4. The molecule has 22 heavy (non-hydrogen) atoms. The second-order valence-electron chi connectivity index (χ2n) is 5.77. The number of rotatable bonds is 4. The van der Waals surface area contributed by atoms with Gasteiger partial charge in [0.05, 0.1) is 18.1 Å². The van der Waals surface area contributed by atoms with Gasteiger partial charge in [0, 0.05) is 25.5 Å². The van der Waals surface area contributed by atoms with Crippen LogP contribution in [0.3, 0.4) is 0 Å². The third-order valence-electron chi connectivity index (χ3n) is 4.14. The molecule has 2 aliphatic heterocycles. The number of carbonyl (C=O) groups excluding carboxylic acids is 1. The lowest BCUT2D eigenvalue weighted by molar-refractivity contribution is -0.145. The molecule has 0 spiro atoms. The second kappa shape index (κ2) is 5.46. The smallest absolute Gasteiger partial charge is 0.310 e. The molecule has 0 aliphatic carbocycles. The highest BCUT2D eigenvalue weighted by molar-refractivity contribution is 5.96. The van der Waals surface area contributed by atoms with Crippen LogP contribution < -0.4 is 10.2 Å². The fourth-order valence-electron chi connectivity index (χ4n) is 2.98. The molecule has 2 aliphatic rings. The first-order valence-electron chi connectivity index (χ1n) is 7.12. The Hall–Kier alpha value is -2.34. The number of anilines is 2. The minimum Gasteiger partial charge on any atom is -0.481 e. The third-order valence-corrected chi connectivity index (χ3v) is 4.14. The Morgan fingerprint density at radius 3 is 2.23 bits per heavy atom. The van der Waals surface area contributed by atoms with Crippen LogP contribution in [0.25, 0.3) is 0 Å². The standard InChI is InChI=1S/C16H18N2O4/c1-18(2)10-5-3-9(4-6-10)17-15(19)13-11-7-8-12(22-11)14(13)16(20)21/h3-8,11-14H,1-2H3,(H,17,19)(H,20,21)/t11-,12+,13+,14+/m1/s1. The van der Waals surface area contributed by atoms with E-state index in [9.17, 15) is 14.7 Å². The average Bonchev–Trinajstić information content (AvgIpc) is 3.08. The van der Waals surface area contributed by atoms with Gasteiger partial charge in [-0.05, 0) is 24.3 Å². The van der Waals surface area contributed by atoms with E-state index in [4.69, 9.17) is 4.74 Å². The summed E-state index contributed by atoms with van der Waals surface area (Å²) in [6, 6.07) is 7.38. The van der Waals surface area contributed by atoms with Gasteiger partial charge in [-0.2, -0.15) is 0 Å². The van der Waals surface area contributed by atoms with Crippen molar-refractivity contribution in [2.75, 3.05) is 24.3 Å². The topological polar surface area (TPSA) is 78.9 Å². The van der Waals surface area contributed by atoms with E-state index in [-0.39, 0.29) is 5.91 Å². The van der Waals surface area contributed by atoms with Gasteiger partial charge in [-0.25, -0.2) is 0 Å². The first-order valence-corrected chi connectivity index (χ1v) is 7.12. The van der Waals surface area contributed by atoms with Crippen LogP contribution in [0.4, 0.5) is 11.4 Å². The molecule has 1 fully saturated rings. The average molecular weight is 302 g/mol. The zero-order valence-electron chi connectivity index (χ0n) is 12.4. The number of ether oxygens (including phenoxy) is 1. The molecular formula is C16H18N2O4. The normalized spacial score (nSPS) is 28.6. The van der Waals surface area contributed by atoms with E-state index < -0.39 is 30.0 Å². The largest absolute Gasteiger partial charge is 0.481 e. The summed E-state index contributed by atoms with van der Waals surface area (Å²) < 4.78 is 5.51. The van der Waals surface area contributed by atoms with Gasteiger partial charge in [0.15, 0.2) is 0 Å². The van der Waals surface area contributed by atoms with Crippen molar-refractivity contribution < 1.29 is 19.4 Å². The Balaban J connectivity index is 1.74. The van der Waals surface area contributed by atoms with Gasteiger partial charge in [0.25, 0.3) is 0 Å². The molecular weight excluding hydrogens is 284 g/mol. The van der Waals surface area contributed by atoms with E-state index in [1.807, 2.05) is 31.1 Å². The van der Waals surface area contributed by atoms with Gasteiger partial charge in [-0.15, -0.1) is 0 Å². The zero-order valence-corrected chi connectivity index (χ0v) is 12.4. The van der Waals surface area contributed by atoms with Crippen molar-refractivity contribution in [2.24, 2.45) is 11.8 Å². The minimum atomic E-state index is -1.00. The van der Waals surface area contributed by atoms with Gasteiger partial charge in [-0.1, -0.05) is 12.2 Å². The van der Waals surface area contributed by atoms with Crippen LogP contribution in [0.15, 0.2) is 36.4 Å². The predicted molar refractivity (Wildman–Crippen MR) is 81.8 cm³/mol. The quantitative estimate of drug-likeness (QED) is 0.821. The van der Waals surface area contributed by atoms with Crippen LogP contribution in [0, 0.1) is 11.8 Å². The number of carbonyl (C=O) groups is 2. The molecule has 1 saturated heterocycles. The first-order chi connectivity index (χ1) is 10.5. The number of carboxylic acids is 1. The van der Waals surface area contributed by atoms with Crippen molar-refractivity contribution in [3.05, 3.63) is 36.4 Å². The van der Waals surface area contributed by atoms with Crippen molar-refractivity contribution >= 4 is 23.3 Å². The van der Waals surface area contributed by atoms with Crippen LogP contribution >= 0.6 is 0 Å². The van der Waals surface area contributed by atoms with Crippen LogP contribution in [-0.4, -0.2) is 43.3 Å². The monoisotopic (exact) mass is 302 g/mol. The Morgan fingerprint density at radius 1 is 1.09 bits per heavy atom. The fraction of sp³-hybridized carbons (Fsp3) is 0.375. The molecule has 0 aromatic heterocycles. The Kier molecular flexibility index (Phi) is 3.62. The highest BCUT2D eigenvalue weighted by Crippen LogP contribution is 2.39. The van der Waals surface area contributed by atoms with E-state index in [0.717, 1.165) is 5.69 Å². The number of amides is 1. The molecule has 3 rings (SSSR count). The lowest BCUT2D eigenvalue weighted by atomic mass is 9.82. The SMILES string of the molecule is CN(C)c1ccc(NC(=O)[C@@H]2[C@@H](C(=O)O)[C@@H]3C=C[C@H]2O3)cc1. The molecule has 2 bridgehead atoms. The number of benzene rings is 1. The van der Waals surface area contributed by atoms with E-state index in [1.54, 1.807) is 24.3 Å². The summed E-state index contributed by atoms with van der Waals surface area (Å²) in [6.45, 7) is 0. The van der Waals surface area contributed by atoms with E-state index in [1.165, 1.54) is 0 Å². The summed E-state index contributed by atoms with van der Waals surface area (Å²) in [5, 5.41) is 12.1. The summed E-state index contributed by atoms with van der Waals surface area (Å²) in [4.78, 5) is 25.8. The van der Waals surface area contributed by atoms with Crippen molar-refractivity contribution in [3.63, 3.8) is 0 Å². The first kappa shape index (κ1) is 14.6. The zero-order chi connectivity index (χ0) is 15.9. The van der Waals surface area contributed by atoms with Crippen LogP contribution in [0.2, 0.25) is 0 Å². The van der Waals surface area contributed by atoms with Crippen LogP contribution in [0.1, 0.15) is 0 Å². The molecule has 2 N–H and O–H groups in total. The van der Waals surface area contributed by atoms with Crippen molar-refractivity contribution in [1.82, 2.24) is 0 Å². The molecule has 6 nitrogen and oxygen atoms in total. The van der Waals surface area contributed by atoms with Gasteiger partial charge in [-0.3, -0.25) is 9.59 Å². The van der Waals surface area contributed by atoms with E-state index >= 15 is 0 Å². The summed E-state index contributed by atoms with van der Waals surface area (Å²) >= 11 is 0. The number of nitrogens with zero attached hydrogens (tertiary/aromatic N) is 1. The maximum Gasteiger partial charge on any atom is 0.310 e. The summed E-state index contributed by atoms with van der Waals surface area (Å²) in [5.74, 6) is -2.83. The summed E-state index contributed by atoms with van der Waals surface area (Å²) in [5.41, 5.74) is 1.67. The third kappa shape index (κ3) is 2.46. The number of carboxylic acid groups (broad SMARTS) is 1. The van der Waals surface area contributed by atoms with Crippen molar-refractivity contribution in [3.8, 4) is 0 Å². The lowest BCUT2D eigenvalue weighted by Crippen LogP contribution is -2.39. The molecule has 116 valence electrons. The Bertz CT molecular complexity index is 624. The lowest BCUT2D eigenvalue weighted by Gasteiger charge is -2.21. The Morgan fingerprint density at radius 2 is 1.68 bits per heavy atom. The number of nitrogens with one attached hydrogen (secondary N) is 1.